The van der Waals surface area contributed by atoms with Gasteiger partial charge in [0.2, 0.25) is 5.91 Å². The maximum absolute atomic E-state index is 13.8. The average Bonchev–Trinajstić information content (AvgIpc) is 2.82. The molecule has 5 nitrogen and oxygen atoms in total. The van der Waals surface area contributed by atoms with Gasteiger partial charge in [-0.1, -0.05) is 6.07 Å². The summed E-state index contributed by atoms with van der Waals surface area (Å²) >= 11 is 0. The van der Waals surface area contributed by atoms with Crippen molar-refractivity contribution in [3.8, 4) is 0 Å². The Morgan fingerprint density at radius 1 is 1.11 bits per heavy atom. The third kappa shape index (κ3) is 3.63. The smallest absolute Gasteiger partial charge is 0.275 e. The fraction of sp³-hybridized carbons (Fsp3) is 0.300. The van der Waals surface area contributed by atoms with Gasteiger partial charge in [-0.05, 0) is 63.6 Å². The number of fused-ring (bicyclic) bond motifs is 1. The number of aryl methyl sites for hydroxylation is 1. The second kappa shape index (κ2) is 6.64. The highest BCUT2D eigenvalue weighted by molar-refractivity contribution is 5.91. The first-order valence-corrected chi connectivity index (χ1v) is 8.55. The molecule has 0 saturated carbocycles. The molecule has 0 unspecified atom stereocenters. The van der Waals surface area contributed by atoms with Crippen LogP contribution in [0.5, 0.6) is 0 Å². The summed E-state index contributed by atoms with van der Waals surface area (Å²) in [5.41, 5.74) is 0.201. The zero-order valence-corrected chi connectivity index (χ0v) is 15.6. The molecule has 27 heavy (non-hydrogen) atoms. The van der Waals surface area contributed by atoms with Gasteiger partial charge in [-0.2, -0.15) is 0 Å². The standard InChI is InChI=1S/C20H21F2N3O2/c1-12-5-7-14(10-16(12)22)23-18(26)11-24-17-9-13(21)6-8-15(17)19(27)25(24)20(2,3)4/h5-10H,11H2,1-4H3,(H,23,26). The molecule has 2 aromatic carbocycles. The Hall–Kier alpha value is -2.96. The summed E-state index contributed by atoms with van der Waals surface area (Å²) in [7, 11) is 0. The molecule has 0 spiro atoms. The molecule has 0 radical (unpaired) electrons. The minimum absolute atomic E-state index is 0.213. The highest BCUT2D eigenvalue weighted by atomic mass is 19.1. The van der Waals surface area contributed by atoms with Crippen molar-refractivity contribution in [2.45, 2.75) is 39.8 Å². The number of carbonyl (C=O) groups excluding carboxylic acids is 1. The lowest BCUT2D eigenvalue weighted by molar-refractivity contribution is -0.117. The first-order valence-electron chi connectivity index (χ1n) is 8.55. The van der Waals surface area contributed by atoms with Crippen molar-refractivity contribution in [3.63, 3.8) is 0 Å². The Labute approximate surface area is 155 Å². The van der Waals surface area contributed by atoms with E-state index in [4.69, 9.17) is 0 Å². The Kier molecular flexibility index (Phi) is 4.63. The lowest BCUT2D eigenvalue weighted by Gasteiger charge is -2.24. The number of nitrogens with one attached hydrogen (secondary N) is 1. The summed E-state index contributed by atoms with van der Waals surface area (Å²) in [5, 5.41) is 2.95. The zero-order chi connectivity index (χ0) is 19.9. The van der Waals surface area contributed by atoms with Crippen molar-refractivity contribution in [3.05, 3.63) is 63.9 Å². The van der Waals surface area contributed by atoms with Crippen LogP contribution in [-0.4, -0.2) is 15.3 Å². The summed E-state index contributed by atoms with van der Waals surface area (Å²) in [4.78, 5) is 25.3. The molecule has 1 aromatic heterocycles. The van der Waals surface area contributed by atoms with E-state index < -0.39 is 23.1 Å². The van der Waals surface area contributed by atoms with Crippen LogP contribution in [0.1, 0.15) is 26.3 Å². The molecule has 1 N–H and O–H groups in total. The van der Waals surface area contributed by atoms with Crippen molar-refractivity contribution in [1.82, 2.24) is 9.36 Å². The highest BCUT2D eigenvalue weighted by Gasteiger charge is 2.24. The van der Waals surface area contributed by atoms with Crippen molar-refractivity contribution in [2.75, 3.05) is 5.32 Å². The van der Waals surface area contributed by atoms with E-state index in [1.807, 2.05) is 20.8 Å². The van der Waals surface area contributed by atoms with Gasteiger partial charge in [-0.15, -0.1) is 0 Å². The molecule has 0 fully saturated rings. The predicted octanol–water partition coefficient (Wildman–Crippen LogP) is 3.78. The van der Waals surface area contributed by atoms with Gasteiger partial charge in [-0.25, -0.2) is 13.5 Å². The van der Waals surface area contributed by atoms with Gasteiger partial charge in [-0.3, -0.25) is 14.3 Å². The minimum atomic E-state index is -0.622. The molecule has 1 amide bonds. The Morgan fingerprint density at radius 2 is 1.81 bits per heavy atom. The van der Waals surface area contributed by atoms with Gasteiger partial charge in [0.05, 0.1) is 16.4 Å². The lowest BCUT2D eigenvalue weighted by Crippen LogP contribution is -2.38. The van der Waals surface area contributed by atoms with E-state index in [2.05, 4.69) is 5.32 Å². The van der Waals surface area contributed by atoms with Crippen LogP contribution >= 0.6 is 0 Å². The zero-order valence-electron chi connectivity index (χ0n) is 15.6. The number of carbonyl (C=O) groups is 1. The fourth-order valence-electron chi connectivity index (χ4n) is 3.06. The van der Waals surface area contributed by atoms with Crippen LogP contribution in [0.3, 0.4) is 0 Å². The summed E-state index contributed by atoms with van der Waals surface area (Å²) in [6.07, 6.45) is 0. The summed E-state index contributed by atoms with van der Waals surface area (Å²) in [5.74, 6) is -1.37. The Balaban J connectivity index is 2.02. The number of hydrogen-bond acceptors (Lipinski definition) is 2. The number of benzene rings is 2. The van der Waals surface area contributed by atoms with Crippen molar-refractivity contribution >= 4 is 22.5 Å². The van der Waals surface area contributed by atoms with Crippen LogP contribution in [0, 0.1) is 18.6 Å². The van der Waals surface area contributed by atoms with E-state index in [1.54, 1.807) is 19.1 Å². The monoisotopic (exact) mass is 373 g/mol. The van der Waals surface area contributed by atoms with E-state index in [-0.39, 0.29) is 12.1 Å². The quantitative estimate of drug-likeness (QED) is 0.760. The molecule has 142 valence electrons. The van der Waals surface area contributed by atoms with Crippen LogP contribution in [0.25, 0.3) is 10.9 Å². The third-order valence-electron chi connectivity index (χ3n) is 4.29. The molecular weight excluding hydrogens is 352 g/mol. The largest absolute Gasteiger partial charge is 0.324 e. The van der Waals surface area contributed by atoms with Gasteiger partial charge in [0, 0.05) is 5.69 Å². The molecule has 0 atom stereocenters. The van der Waals surface area contributed by atoms with Gasteiger partial charge in [0.1, 0.15) is 18.2 Å². The molecule has 0 saturated heterocycles. The van der Waals surface area contributed by atoms with Crippen molar-refractivity contribution in [2.24, 2.45) is 0 Å². The lowest BCUT2D eigenvalue weighted by atomic mass is 10.1. The van der Waals surface area contributed by atoms with E-state index in [0.717, 1.165) is 0 Å². The first-order chi connectivity index (χ1) is 12.6. The second-order valence-corrected chi connectivity index (χ2v) is 7.52. The van der Waals surface area contributed by atoms with E-state index >= 15 is 0 Å². The van der Waals surface area contributed by atoms with Gasteiger partial charge in [0.25, 0.3) is 5.56 Å². The molecule has 1 heterocycles. The third-order valence-corrected chi connectivity index (χ3v) is 4.29. The second-order valence-electron chi connectivity index (χ2n) is 7.52. The predicted molar refractivity (Wildman–Crippen MR) is 101 cm³/mol. The van der Waals surface area contributed by atoms with Crippen LogP contribution in [0.2, 0.25) is 0 Å². The normalized spacial score (nSPS) is 11.8. The number of hydrogen-bond donors (Lipinski definition) is 1. The topological polar surface area (TPSA) is 56.0 Å². The van der Waals surface area contributed by atoms with Gasteiger partial charge in [0.15, 0.2) is 0 Å². The number of anilines is 1. The number of nitrogens with zero attached hydrogens (tertiary/aromatic N) is 2. The number of aromatic nitrogens is 2. The number of rotatable bonds is 3. The molecular formula is C20H21F2N3O2. The van der Waals surface area contributed by atoms with Gasteiger partial charge >= 0.3 is 0 Å². The van der Waals surface area contributed by atoms with E-state index in [9.17, 15) is 18.4 Å². The summed E-state index contributed by atoms with van der Waals surface area (Å²) < 4.78 is 30.3. The molecule has 0 aliphatic heterocycles. The molecule has 0 bridgehead atoms. The first kappa shape index (κ1) is 18.8. The fourth-order valence-corrected chi connectivity index (χ4v) is 3.06. The summed E-state index contributed by atoms with van der Waals surface area (Å²) in [6, 6.07) is 8.27. The highest BCUT2D eigenvalue weighted by Crippen LogP contribution is 2.20. The van der Waals surface area contributed by atoms with E-state index in [0.29, 0.717) is 22.2 Å². The van der Waals surface area contributed by atoms with Crippen molar-refractivity contribution < 1.29 is 13.6 Å². The molecule has 0 aliphatic rings. The molecule has 3 rings (SSSR count). The molecule has 0 aliphatic carbocycles. The van der Waals surface area contributed by atoms with Gasteiger partial charge < -0.3 is 5.32 Å². The molecule has 7 heteroatoms. The average molecular weight is 373 g/mol. The molecule has 3 aromatic rings. The van der Waals surface area contributed by atoms with E-state index in [1.165, 1.54) is 33.6 Å². The van der Waals surface area contributed by atoms with Crippen LogP contribution < -0.4 is 10.9 Å². The van der Waals surface area contributed by atoms with Crippen LogP contribution in [0.4, 0.5) is 14.5 Å². The number of amides is 1. The number of halogens is 2. The maximum Gasteiger partial charge on any atom is 0.275 e. The maximum atomic E-state index is 13.8. The van der Waals surface area contributed by atoms with Crippen LogP contribution in [0.15, 0.2) is 41.2 Å². The summed E-state index contributed by atoms with van der Waals surface area (Å²) in [6.45, 7) is 6.90. The van der Waals surface area contributed by atoms with Crippen LogP contribution in [-0.2, 0) is 16.9 Å². The minimum Gasteiger partial charge on any atom is -0.324 e. The Bertz CT molecular complexity index is 1090. The Morgan fingerprint density at radius 3 is 2.44 bits per heavy atom. The van der Waals surface area contributed by atoms with Crippen molar-refractivity contribution in [1.29, 1.82) is 0 Å². The SMILES string of the molecule is Cc1ccc(NC(=O)Cn2c3cc(F)ccc3c(=O)n2C(C)(C)C)cc1F.